The highest BCUT2D eigenvalue weighted by Crippen LogP contribution is 2.09. The molecule has 0 rings (SSSR count). The van der Waals surface area contributed by atoms with E-state index in [-0.39, 0.29) is 0 Å². The monoisotopic (exact) mass is 130 g/mol. The van der Waals surface area contributed by atoms with Crippen molar-refractivity contribution < 1.29 is 23.9 Å². The molecule has 2 unspecified atom stereocenters. The van der Waals surface area contributed by atoms with Gasteiger partial charge in [-0.25, -0.2) is 0 Å². The highest BCUT2D eigenvalue weighted by Gasteiger charge is 2.14. The number of rotatable bonds is 4. The Hall–Kier alpha value is -0.0800. The largest absolute Gasteiger partial charge is 0.393 e. The van der Waals surface area contributed by atoms with Gasteiger partial charge in [-0.05, 0) is 20.6 Å². The summed E-state index contributed by atoms with van der Waals surface area (Å²) in [6, 6.07) is 0. The van der Waals surface area contributed by atoms with Crippen LogP contribution in [-0.4, -0.2) is 24.8 Å². The van der Waals surface area contributed by atoms with Crippen molar-refractivity contribution in [3.05, 3.63) is 0 Å². The van der Waals surface area contributed by atoms with Crippen LogP contribution in [-0.2, 0) is 0 Å². The zero-order valence-corrected chi connectivity index (χ0v) is 4.02. The third kappa shape index (κ3) is 5.92. The van der Waals surface area contributed by atoms with E-state index >= 15 is 0 Å². The molecule has 0 saturated heterocycles. The van der Waals surface area contributed by atoms with Crippen LogP contribution in [0.15, 0.2) is 0 Å². The average Bonchev–Trinajstić information content (AvgIpc) is 2.26. The van der Waals surface area contributed by atoms with Crippen molar-refractivity contribution >= 4 is 0 Å². The predicted octanol–water partition coefficient (Wildman–Crippen LogP) is 0.528. The summed E-state index contributed by atoms with van der Waals surface area (Å²) in [6.07, 6.45) is -7.34. The second-order valence-electron chi connectivity index (χ2n) is 1.28. The molecule has 0 heterocycles. The first-order chi connectivity index (χ1) is 8.68. The molecule has 0 aliphatic carbocycles. The second-order valence-corrected chi connectivity index (χ2v) is 1.28. The summed E-state index contributed by atoms with van der Waals surface area (Å²) in [5.41, 5.74) is -3.27. The minimum Gasteiger partial charge on any atom is -0.393 e. The van der Waals surface area contributed by atoms with Crippen LogP contribution in [0, 0.1) is 0 Å². The van der Waals surface area contributed by atoms with E-state index in [2.05, 4.69) is 10.2 Å². The van der Waals surface area contributed by atoms with Gasteiger partial charge in [0.05, 0.1) is 13.1 Å². The summed E-state index contributed by atoms with van der Waals surface area (Å²) in [4.78, 5) is 0. The molecule has 0 aromatic heterocycles. The summed E-state index contributed by atoms with van der Waals surface area (Å²) >= 11 is 0. The molecule has 2 atom stereocenters. The van der Waals surface area contributed by atoms with Crippen molar-refractivity contribution in [3.8, 4) is 0 Å². The van der Waals surface area contributed by atoms with Gasteiger partial charge in [-0.1, -0.05) is 0 Å². The maximum atomic E-state index is 7.65. The van der Waals surface area contributed by atoms with E-state index in [1.165, 1.54) is 0 Å². The van der Waals surface area contributed by atoms with Gasteiger partial charge in [0.2, 0.25) is 2.86 Å². The summed E-state index contributed by atoms with van der Waals surface area (Å²) in [5.74, 6) is 0. The van der Waals surface area contributed by atoms with Crippen LogP contribution >= 0.6 is 0 Å². The van der Waals surface area contributed by atoms with Crippen molar-refractivity contribution in [2.24, 2.45) is 0 Å². The van der Waals surface area contributed by atoms with E-state index in [1.807, 2.05) is 0 Å². The quantitative estimate of drug-likeness (QED) is 0.582. The van der Waals surface area contributed by atoms with E-state index in [0.717, 1.165) is 0 Å². The number of hydrogen-bond acceptors (Lipinski definition) is 2. The number of aliphatic hydroxyl groups is 2. The number of hydrogen-bond donors (Lipinski definition) is 2. The molecule has 2 nitrogen and oxygen atoms in total. The first-order valence-electron chi connectivity index (χ1n) is 7.79. The van der Waals surface area contributed by atoms with Gasteiger partial charge in [-0.3, -0.25) is 0 Å². The third-order valence-corrected chi connectivity index (χ3v) is 0.315. The molecule has 0 aromatic rings. The Morgan fingerprint density at radius 3 is 3.62 bits per heavy atom. The Morgan fingerprint density at radius 1 is 2.25 bits per heavy atom. The van der Waals surface area contributed by atoms with Gasteiger partial charge in [0.15, 0.2) is 0 Å². The fraction of sp³-hybridized carbons (Fsp3) is 1.00. The SMILES string of the molecule is [2H]CC(O[2H])(C([2H])([2H])[2H])C([2H])([2H])C([2H])(O[2H])C([2H])([2H])[2H]. The van der Waals surface area contributed by atoms with Gasteiger partial charge in [-0.15, -0.1) is 0 Å². The molecule has 0 saturated carbocycles. The third-order valence-electron chi connectivity index (χ3n) is 0.315. The Labute approximate surface area is 67.2 Å². The van der Waals surface area contributed by atoms with Gasteiger partial charge < -0.3 is 10.2 Å². The smallest absolute Gasteiger partial charge is 0.211 e. The molecule has 0 fully saturated rings. The molecular weight excluding hydrogens is 104 g/mol. The van der Waals surface area contributed by atoms with E-state index in [9.17, 15) is 0 Å². The van der Waals surface area contributed by atoms with Gasteiger partial charge >= 0.3 is 0 Å². The van der Waals surface area contributed by atoms with Crippen LogP contribution in [0.4, 0.5) is 0 Å². The Balaban J connectivity index is 6.28. The molecule has 0 spiro atoms. The zero-order chi connectivity index (χ0) is 16.6. The molecule has 0 bridgehead atoms. The van der Waals surface area contributed by atoms with Crippen molar-refractivity contribution in [3.63, 3.8) is 0 Å². The van der Waals surface area contributed by atoms with Crippen LogP contribution in [0.1, 0.15) is 40.7 Å². The van der Waals surface area contributed by atoms with Gasteiger partial charge in [-0.2, -0.15) is 0 Å². The average molecular weight is 130 g/mol. The maximum absolute atomic E-state index is 7.65. The van der Waals surface area contributed by atoms with Crippen molar-refractivity contribution in [2.75, 3.05) is 0 Å². The topological polar surface area (TPSA) is 40.5 Å². The highest BCUT2D eigenvalue weighted by atomic mass is 16.3. The molecule has 0 aliphatic rings. The van der Waals surface area contributed by atoms with Crippen molar-refractivity contribution in [1.82, 2.24) is 0 Å². The standard InChI is InChI=1S/C6H14O2/c1-5(7)4-6(2,3)8/h5,7-8H,4H2,1-3H3/i1D3,2D,3D3,4D2,5D,7D,8D. The molecule has 2 N–H and O–H groups in total. The maximum Gasteiger partial charge on any atom is 0.211 e. The molecule has 2 heteroatoms. The lowest BCUT2D eigenvalue weighted by Gasteiger charge is -2.17. The van der Waals surface area contributed by atoms with E-state index in [4.69, 9.17) is 16.6 Å². The van der Waals surface area contributed by atoms with Crippen molar-refractivity contribution in [2.45, 2.75) is 38.7 Å². The minimum atomic E-state index is -3.68. The highest BCUT2D eigenvalue weighted by molar-refractivity contribution is 4.67. The van der Waals surface area contributed by atoms with Gasteiger partial charge in [0.1, 0.15) is 0 Å². The first-order valence-corrected chi connectivity index (χ1v) is 1.76. The van der Waals surface area contributed by atoms with Crippen LogP contribution in [0.5, 0.6) is 0 Å². The molecule has 0 amide bonds. The molecule has 0 aromatic carbocycles. The van der Waals surface area contributed by atoms with Gasteiger partial charge in [0.25, 0.3) is 0 Å². The lowest BCUT2D eigenvalue weighted by atomic mass is 10.0. The molecule has 8 heavy (non-hydrogen) atoms. The lowest BCUT2D eigenvalue weighted by molar-refractivity contribution is 0.0249. The Bertz CT molecular complexity index is 330. The summed E-state index contributed by atoms with van der Waals surface area (Å²) < 4.78 is 86.2. The molecule has 0 radical (unpaired) electrons. The van der Waals surface area contributed by atoms with Gasteiger partial charge in [0, 0.05) is 18.7 Å². The lowest BCUT2D eigenvalue weighted by Crippen LogP contribution is -2.24. The zero-order valence-electron chi connectivity index (χ0n) is 16.0. The Morgan fingerprint density at radius 2 is 3.25 bits per heavy atom. The Kier molecular flexibility index (Phi) is 0.326. The molecule has 0 aliphatic heterocycles. The molecule has 50 valence electrons. The van der Waals surface area contributed by atoms with Crippen LogP contribution in [0.3, 0.4) is 0 Å². The predicted molar refractivity (Wildman–Crippen MR) is 32.6 cm³/mol. The minimum absolute atomic E-state index is 1.37. The van der Waals surface area contributed by atoms with E-state index in [1.54, 1.807) is 0 Å². The van der Waals surface area contributed by atoms with Crippen LogP contribution in [0.2, 0.25) is 0 Å². The normalized spacial score (nSPS) is 52.5. The summed E-state index contributed by atoms with van der Waals surface area (Å²) in [6.45, 7) is -8.36. The van der Waals surface area contributed by atoms with E-state index in [0.29, 0.717) is 0 Å². The van der Waals surface area contributed by atoms with Crippen molar-refractivity contribution in [1.29, 1.82) is 2.86 Å². The van der Waals surface area contributed by atoms with Crippen LogP contribution in [0.25, 0.3) is 0 Å². The molecular formula is C6H14O2. The second kappa shape index (κ2) is 2.46. The first kappa shape index (κ1) is 1.06. The fourth-order valence-electron chi connectivity index (χ4n) is 0.183. The fourth-order valence-corrected chi connectivity index (χ4v) is 0.183. The summed E-state index contributed by atoms with van der Waals surface area (Å²) in [5, 5.41) is 7.51. The van der Waals surface area contributed by atoms with E-state index < -0.39 is 38.7 Å². The summed E-state index contributed by atoms with van der Waals surface area (Å²) in [7, 11) is 0. The van der Waals surface area contributed by atoms with Crippen LogP contribution < -0.4 is 0 Å².